The van der Waals surface area contributed by atoms with E-state index in [1.807, 2.05) is 0 Å². The third-order valence-corrected chi connectivity index (χ3v) is 8.93. The van der Waals surface area contributed by atoms with Crippen LogP contribution in [0.3, 0.4) is 0 Å². The number of H-pyrrole nitrogens is 4. The Morgan fingerprint density at radius 1 is 0.932 bits per heavy atom. The maximum atomic E-state index is 12.5. The highest BCUT2D eigenvalue weighted by atomic mass is 32.2. The molecule has 6 rings (SSSR count). The summed E-state index contributed by atoms with van der Waals surface area (Å²) >= 11 is 2.39. The van der Waals surface area contributed by atoms with Crippen molar-refractivity contribution in [1.82, 2.24) is 61.0 Å². The molecule has 1 aliphatic rings. The number of aromatic amines is 4. The molecule has 17 nitrogen and oxygen atoms in total. The summed E-state index contributed by atoms with van der Waals surface area (Å²) < 4.78 is 0. The van der Waals surface area contributed by atoms with Crippen molar-refractivity contribution in [2.45, 2.75) is 59.2 Å². The molecule has 19 heteroatoms. The predicted octanol–water partition coefficient (Wildman–Crippen LogP) is 1.06. The van der Waals surface area contributed by atoms with Gasteiger partial charge in [-0.15, -0.1) is 10.2 Å². The number of aromatic nitrogens is 13. The monoisotopic (exact) mass is 628 g/mol. The highest BCUT2D eigenvalue weighted by molar-refractivity contribution is 7.98. The SMILES string of the molecule is N#Cc1c(SCc2n[nH][n+](C3CCCC(c4[nH]c(=O)nc(SCc5nn[nH]n5)c4C#N)C3)n2)nc(=O)[nH]c1-c1ccncc1. The molecular formula is C25H22N15O2S2+. The second kappa shape index (κ2) is 12.9. The van der Waals surface area contributed by atoms with Gasteiger partial charge in [0.25, 0.3) is 0 Å². The quantitative estimate of drug-likeness (QED) is 0.101. The smallest absolute Gasteiger partial charge is 0.308 e. The molecule has 2 atom stereocenters. The first-order chi connectivity index (χ1) is 21.5. The van der Waals surface area contributed by atoms with Gasteiger partial charge >= 0.3 is 17.2 Å². The number of rotatable bonds is 9. The van der Waals surface area contributed by atoms with E-state index in [4.69, 9.17) is 0 Å². The molecule has 220 valence electrons. The zero-order valence-corrected chi connectivity index (χ0v) is 24.4. The third kappa shape index (κ3) is 6.23. The van der Waals surface area contributed by atoms with Gasteiger partial charge in [-0.25, -0.2) is 9.59 Å². The minimum absolute atomic E-state index is 0.0655. The van der Waals surface area contributed by atoms with Gasteiger partial charge in [0, 0.05) is 36.0 Å². The summed E-state index contributed by atoms with van der Waals surface area (Å²) in [6.07, 6.45) is 6.21. The number of tetrazole rings is 2. The Kier molecular flexibility index (Phi) is 8.48. The van der Waals surface area contributed by atoms with Crippen LogP contribution in [0.25, 0.3) is 11.3 Å². The molecule has 44 heavy (non-hydrogen) atoms. The molecule has 5 heterocycles. The number of hydrogen-bond donors (Lipinski definition) is 4. The van der Waals surface area contributed by atoms with Crippen molar-refractivity contribution in [3.05, 3.63) is 74.0 Å². The van der Waals surface area contributed by atoms with Gasteiger partial charge in [0.2, 0.25) is 0 Å². The fraction of sp³-hybridized carbons (Fsp3) is 0.320. The number of thioether (sulfide) groups is 2. The standard InChI is InChI=1S/C25H21N15O2S2/c26-9-16-20(13-4-6-28-7-5-13)29-24(41)31-22(16)44-12-19-35-39-40(36-19)15-3-1-2-14(8-15)21-17(10-27)23(32-25(42)30-21)43-11-18-33-37-38-34-18/h4-7,14-15H,1-3,8,11-12H2,(H3,29,30,31,32,33,34,37,38,41,42)/p+1. The zero-order chi connectivity index (χ0) is 30.5. The fourth-order valence-electron chi connectivity index (χ4n) is 5.04. The number of pyridine rings is 1. The van der Waals surface area contributed by atoms with Crippen LogP contribution >= 0.6 is 23.5 Å². The molecule has 5 aromatic heterocycles. The van der Waals surface area contributed by atoms with Gasteiger partial charge < -0.3 is 9.97 Å². The molecule has 0 bridgehead atoms. The number of nitrogens with zero attached hydrogens (tertiary/aromatic N) is 11. The molecule has 0 amide bonds. The van der Waals surface area contributed by atoms with Gasteiger partial charge in [-0.05, 0) is 41.7 Å². The molecule has 1 fully saturated rings. The summed E-state index contributed by atoms with van der Waals surface area (Å²) in [6.45, 7) is 0. The van der Waals surface area contributed by atoms with Crippen molar-refractivity contribution in [2.75, 3.05) is 0 Å². The maximum Gasteiger partial charge on any atom is 0.346 e. The number of hydrogen-bond acceptors (Lipinski definition) is 14. The molecule has 2 unspecified atom stereocenters. The van der Waals surface area contributed by atoms with Crippen molar-refractivity contribution in [2.24, 2.45) is 0 Å². The second-order valence-corrected chi connectivity index (χ2v) is 11.6. The minimum atomic E-state index is -0.570. The first-order valence-corrected chi connectivity index (χ1v) is 15.3. The average molecular weight is 629 g/mol. The van der Waals surface area contributed by atoms with Crippen LogP contribution in [0.4, 0.5) is 0 Å². The highest BCUT2D eigenvalue weighted by Gasteiger charge is 2.33. The molecule has 4 N–H and O–H groups in total. The van der Waals surface area contributed by atoms with Gasteiger partial charge in [-0.2, -0.15) is 25.7 Å². The lowest BCUT2D eigenvalue weighted by atomic mass is 9.82. The zero-order valence-electron chi connectivity index (χ0n) is 22.8. The Bertz CT molecular complexity index is 1980. The topological polar surface area (TPSA) is 252 Å². The van der Waals surface area contributed by atoms with E-state index in [-0.39, 0.29) is 28.3 Å². The lowest BCUT2D eigenvalue weighted by molar-refractivity contribution is -0.829. The molecule has 5 aromatic rings. The molecule has 0 aliphatic heterocycles. The molecule has 0 aromatic carbocycles. The summed E-state index contributed by atoms with van der Waals surface area (Å²) in [5, 5.41) is 46.1. The fourth-order valence-corrected chi connectivity index (χ4v) is 6.71. The van der Waals surface area contributed by atoms with Crippen LogP contribution in [-0.2, 0) is 11.5 Å². The van der Waals surface area contributed by atoms with Gasteiger partial charge in [0.15, 0.2) is 5.82 Å². The van der Waals surface area contributed by atoms with Crippen molar-refractivity contribution < 1.29 is 4.80 Å². The normalized spacial score (nSPS) is 16.3. The Hall–Kier alpha value is -5.27. The van der Waals surface area contributed by atoms with E-state index in [2.05, 4.69) is 73.1 Å². The second-order valence-electron chi connectivity index (χ2n) is 9.69. The van der Waals surface area contributed by atoms with Gasteiger partial charge in [-0.3, -0.25) is 4.98 Å². The van der Waals surface area contributed by atoms with E-state index >= 15 is 0 Å². The summed E-state index contributed by atoms with van der Waals surface area (Å²) in [5.41, 5.74) is 1.05. The van der Waals surface area contributed by atoms with Crippen molar-refractivity contribution in [3.63, 3.8) is 0 Å². The number of nitriles is 2. The molecule has 0 radical (unpaired) electrons. The lowest BCUT2D eigenvalue weighted by Crippen LogP contribution is -2.46. The Morgan fingerprint density at radius 2 is 1.66 bits per heavy atom. The Labute approximate surface area is 256 Å². The summed E-state index contributed by atoms with van der Waals surface area (Å²) in [6, 6.07) is 7.70. The van der Waals surface area contributed by atoms with E-state index in [1.54, 1.807) is 29.3 Å². The van der Waals surface area contributed by atoms with Crippen molar-refractivity contribution in [1.29, 1.82) is 10.5 Å². The van der Waals surface area contributed by atoms with E-state index in [0.29, 0.717) is 51.4 Å². The van der Waals surface area contributed by atoms with Gasteiger partial charge in [0.1, 0.15) is 39.4 Å². The van der Waals surface area contributed by atoms with E-state index in [1.165, 1.54) is 23.5 Å². The summed E-state index contributed by atoms with van der Waals surface area (Å²) in [5.74, 6) is 1.35. The van der Waals surface area contributed by atoms with E-state index in [0.717, 1.165) is 19.3 Å². The molecule has 1 saturated carbocycles. The molecule has 0 spiro atoms. The summed E-state index contributed by atoms with van der Waals surface area (Å²) in [7, 11) is 0. The van der Waals surface area contributed by atoms with E-state index in [9.17, 15) is 20.1 Å². The van der Waals surface area contributed by atoms with Crippen LogP contribution in [0.15, 0.2) is 44.2 Å². The van der Waals surface area contributed by atoms with Crippen molar-refractivity contribution >= 4 is 23.5 Å². The first kappa shape index (κ1) is 28.8. The molecular weight excluding hydrogens is 607 g/mol. The third-order valence-electron chi connectivity index (χ3n) is 6.99. The molecule has 0 saturated heterocycles. The average Bonchev–Trinajstić information content (AvgIpc) is 3.75. The minimum Gasteiger partial charge on any atom is -0.308 e. The van der Waals surface area contributed by atoms with Crippen LogP contribution in [0.2, 0.25) is 0 Å². The Morgan fingerprint density at radius 3 is 2.39 bits per heavy atom. The van der Waals surface area contributed by atoms with Crippen molar-refractivity contribution in [3.8, 4) is 23.4 Å². The van der Waals surface area contributed by atoms with Crippen LogP contribution in [0.1, 0.15) is 66.1 Å². The van der Waals surface area contributed by atoms with Gasteiger partial charge in [-0.1, -0.05) is 33.5 Å². The van der Waals surface area contributed by atoms with Gasteiger partial charge in [0.05, 0.1) is 22.3 Å². The maximum absolute atomic E-state index is 12.5. The molecule has 1 aliphatic carbocycles. The van der Waals surface area contributed by atoms with Crippen LogP contribution in [-0.4, -0.2) is 61.0 Å². The Balaban J connectivity index is 1.17. The van der Waals surface area contributed by atoms with Crippen LogP contribution < -0.4 is 16.2 Å². The largest absolute Gasteiger partial charge is 0.346 e. The highest BCUT2D eigenvalue weighted by Crippen LogP contribution is 2.38. The van der Waals surface area contributed by atoms with Crippen LogP contribution in [0, 0.1) is 22.7 Å². The first-order valence-electron chi connectivity index (χ1n) is 13.3. The number of nitrogens with one attached hydrogen (secondary N) is 4. The van der Waals surface area contributed by atoms with E-state index < -0.39 is 11.4 Å². The summed E-state index contributed by atoms with van der Waals surface area (Å²) in [4.78, 5) is 43.9. The van der Waals surface area contributed by atoms with Crippen LogP contribution in [0.5, 0.6) is 0 Å². The predicted molar refractivity (Wildman–Crippen MR) is 152 cm³/mol. The lowest BCUT2D eigenvalue weighted by Gasteiger charge is -2.26.